The molecule has 0 N–H and O–H groups in total. The van der Waals surface area contributed by atoms with Crippen molar-refractivity contribution in [2.75, 3.05) is 18.0 Å². The number of oxazole rings is 1. The van der Waals surface area contributed by atoms with Crippen LogP contribution in [0.4, 0.5) is 6.01 Å². The van der Waals surface area contributed by atoms with Gasteiger partial charge in [0.05, 0.1) is 12.6 Å². The number of hydrogen-bond donors (Lipinski definition) is 0. The highest BCUT2D eigenvalue weighted by molar-refractivity contribution is 5.80. The third-order valence-electron chi connectivity index (χ3n) is 6.83. The van der Waals surface area contributed by atoms with Gasteiger partial charge in [0.1, 0.15) is 0 Å². The fourth-order valence-corrected chi connectivity index (χ4v) is 4.85. The van der Waals surface area contributed by atoms with E-state index in [1.807, 2.05) is 54.6 Å². The predicted octanol–water partition coefficient (Wildman–Crippen LogP) is 4.59. The van der Waals surface area contributed by atoms with Gasteiger partial charge in [-0.25, -0.2) is 4.98 Å². The van der Waals surface area contributed by atoms with Crippen LogP contribution in [0.1, 0.15) is 31.2 Å². The monoisotopic (exact) mass is 469 g/mol. The van der Waals surface area contributed by atoms with Crippen LogP contribution in [-0.4, -0.2) is 51.1 Å². The lowest BCUT2D eigenvalue weighted by Gasteiger charge is -2.38. The summed E-state index contributed by atoms with van der Waals surface area (Å²) in [4.78, 5) is 26.2. The molecule has 0 atom stereocenters. The second-order valence-electron chi connectivity index (χ2n) is 9.26. The van der Waals surface area contributed by atoms with Gasteiger partial charge in [0.25, 0.3) is 0 Å². The molecule has 1 amide bonds. The highest BCUT2D eigenvalue weighted by Gasteiger charge is 2.39. The topological polar surface area (TPSA) is 88.5 Å². The number of aromatic nitrogens is 3. The van der Waals surface area contributed by atoms with Crippen LogP contribution in [-0.2, 0) is 11.2 Å². The van der Waals surface area contributed by atoms with E-state index in [9.17, 15) is 4.79 Å². The molecule has 6 rings (SSSR count). The molecule has 0 bridgehead atoms. The zero-order valence-electron chi connectivity index (χ0n) is 19.4. The lowest BCUT2D eigenvalue weighted by Crippen LogP contribution is -2.49. The SMILES string of the molecule is O=C(Cc1ccc(-c2cnco2)cc1)N(C1CC1)C1CCN(c2nc(-c3ccccc3)no2)CC1. The number of piperidine rings is 1. The summed E-state index contributed by atoms with van der Waals surface area (Å²) in [7, 11) is 0. The Kier molecular flexibility index (Phi) is 5.78. The predicted molar refractivity (Wildman–Crippen MR) is 130 cm³/mol. The number of carbonyl (C=O) groups excluding carboxylic acids is 1. The Bertz CT molecular complexity index is 1260. The number of hydrogen-bond acceptors (Lipinski definition) is 7. The molecule has 0 unspecified atom stereocenters. The van der Waals surface area contributed by atoms with E-state index in [-0.39, 0.29) is 11.9 Å². The second-order valence-corrected chi connectivity index (χ2v) is 9.26. The van der Waals surface area contributed by atoms with Gasteiger partial charge in [0.15, 0.2) is 12.2 Å². The molecule has 1 aliphatic heterocycles. The van der Waals surface area contributed by atoms with Gasteiger partial charge in [-0.1, -0.05) is 59.8 Å². The minimum Gasteiger partial charge on any atom is -0.444 e. The van der Waals surface area contributed by atoms with Gasteiger partial charge in [0, 0.05) is 36.3 Å². The fraction of sp³-hybridized carbons (Fsp3) is 0.333. The lowest BCUT2D eigenvalue weighted by molar-refractivity contribution is -0.133. The maximum absolute atomic E-state index is 13.4. The van der Waals surface area contributed by atoms with Crippen LogP contribution in [0.5, 0.6) is 0 Å². The highest BCUT2D eigenvalue weighted by atomic mass is 16.5. The minimum absolute atomic E-state index is 0.211. The van der Waals surface area contributed by atoms with Crippen LogP contribution in [0.15, 0.2) is 76.1 Å². The molecule has 0 radical (unpaired) electrons. The van der Waals surface area contributed by atoms with Crippen LogP contribution in [0.25, 0.3) is 22.7 Å². The number of benzene rings is 2. The van der Waals surface area contributed by atoms with E-state index in [1.165, 1.54) is 6.39 Å². The van der Waals surface area contributed by atoms with Gasteiger partial charge >= 0.3 is 6.01 Å². The van der Waals surface area contributed by atoms with Crippen molar-refractivity contribution in [1.29, 1.82) is 0 Å². The minimum atomic E-state index is 0.211. The van der Waals surface area contributed by atoms with Crippen molar-refractivity contribution in [1.82, 2.24) is 20.0 Å². The van der Waals surface area contributed by atoms with E-state index in [0.29, 0.717) is 24.3 Å². The molecular weight excluding hydrogens is 442 g/mol. The summed E-state index contributed by atoms with van der Waals surface area (Å²) >= 11 is 0. The molecule has 35 heavy (non-hydrogen) atoms. The molecule has 2 aliphatic rings. The Morgan fingerprint density at radius 2 is 1.69 bits per heavy atom. The number of amides is 1. The molecule has 1 saturated carbocycles. The molecule has 0 spiro atoms. The standard InChI is InChI=1S/C27H27N5O3/c33-25(16-19-6-8-20(9-7-19)24-17-28-18-34-24)32(22-10-11-22)23-12-14-31(15-13-23)27-29-26(30-35-27)21-4-2-1-3-5-21/h1-9,17-18,22-23H,10-16H2. The smallest absolute Gasteiger partial charge is 0.324 e. The van der Waals surface area contributed by atoms with Crippen LogP contribution in [0.2, 0.25) is 0 Å². The molecule has 2 aromatic carbocycles. The second kappa shape index (κ2) is 9.37. The summed E-state index contributed by atoms with van der Waals surface area (Å²) in [6.07, 6.45) is 7.52. The summed E-state index contributed by atoms with van der Waals surface area (Å²) in [6, 6.07) is 19.0. The molecule has 8 nitrogen and oxygen atoms in total. The Morgan fingerprint density at radius 3 is 2.37 bits per heavy atom. The van der Waals surface area contributed by atoms with Crippen LogP contribution < -0.4 is 4.90 Å². The Morgan fingerprint density at radius 1 is 0.943 bits per heavy atom. The van der Waals surface area contributed by atoms with E-state index in [2.05, 4.69) is 24.9 Å². The van der Waals surface area contributed by atoms with Gasteiger partial charge < -0.3 is 18.7 Å². The van der Waals surface area contributed by atoms with E-state index < -0.39 is 0 Å². The van der Waals surface area contributed by atoms with Crippen molar-refractivity contribution in [3.8, 4) is 22.7 Å². The zero-order chi connectivity index (χ0) is 23.6. The van der Waals surface area contributed by atoms with Gasteiger partial charge in [-0.2, -0.15) is 4.98 Å². The summed E-state index contributed by atoms with van der Waals surface area (Å²) in [5.41, 5.74) is 2.92. The first-order chi connectivity index (χ1) is 17.2. The number of rotatable bonds is 7. The molecule has 1 saturated heterocycles. The van der Waals surface area contributed by atoms with Gasteiger partial charge in [-0.05, 0) is 31.2 Å². The summed E-state index contributed by atoms with van der Waals surface area (Å²) in [5.74, 6) is 1.54. The number of carbonyl (C=O) groups is 1. The van der Waals surface area contributed by atoms with Crippen LogP contribution >= 0.6 is 0 Å². The molecule has 2 fully saturated rings. The van der Waals surface area contributed by atoms with Crippen molar-refractivity contribution in [3.63, 3.8) is 0 Å². The third kappa shape index (κ3) is 4.69. The van der Waals surface area contributed by atoms with Crippen molar-refractivity contribution < 1.29 is 13.7 Å². The zero-order valence-corrected chi connectivity index (χ0v) is 19.4. The van der Waals surface area contributed by atoms with Gasteiger partial charge in [-0.3, -0.25) is 4.79 Å². The maximum Gasteiger partial charge on any atom is 0.324 e. The maximum atomic E-state index is 13.4. The van der Waals surface area contributed by atoms with Crippen molar-refractivity contribution in [2.24, 2.45) is 0 Å². The largest absolute Gasteiger partial charge is 0.444 e. The summed E-state index contributed by atoms with van der Waals surface area (Å²) < 4.78 is 10.9. The summed E-state index contributed by atoms with van der Waals surface area (Å²) in [6.45, 7) is 1.59. The van der Waals surface area contributed by atoms with Gasteiger partial charge in [-0.15, -0.1) is 0 Å². The fourth-order valence-electron chi connectivity index (χ4n) is 4.85. The molecule has 2 aromatic heterocycles. The molecule has 4 aromatic rings. The lowest BCUT2D eigenvalue weighted by atomic mass is 10.0. The molecule has 3 heterocycles. The first-order valence-corrected chi connectivity index (χ1v) is 12.2. The van der Waals surface area contributed by atoms with Gasteiger partial charge in [0.2, 0.25) is 11.7 Å². The van der Waals surface area contributed by atoms with Crippen LogP contribution in [0.3, 0.4) is 0 Å². The molecule has 8 heteroatoms. The number of nitrogens with zero attached hydrogens (tertiary/aromatic N) is 5. The molecular formula is C27H27N5O3. The first-order valence-electron chi connectivity index (χ1n) is 12.2. The number of anilines is 1. The van der Waals surface area contributed by atoms with Crippen molar-refractivity contribution in [2.45, 2.75) is 44.2 Å². The van der Waals surface area contributed by atoms with E-state index in [0.717, 1.165) is 61.2 Å². The van der Waals surface area contributed by atoms with Crippen molar-refractivity contribution >= 4 is 11.9 Å². The normalized spacial score (nSPS) is 16.4. The Hall–Kier alpha value is -3.94. The third-order valence-corrected chi connectivity index (χ3v) is 6.83. The molecule has 178 valence electrons. The highest BCUT2D eigenvalue weighted by Crippen LogP contribution is 2.33. The Labute approximate surface area is 203 Å². The van der Waals surface area contributed by atoms with E-state index in [1.54, 1.807) is 6.20 Å². The average molecular weight is 470 g/mol. The molecule has 1 aliphatic carbocycles. The summed E-state index contributed by atoms with van der Waals surface area (Å²) in [5, 5.41) is 4.15. The van der Waals surface area contributed by atoms with E-state index in [4.69, 9.17) is 8.94 Å². The van der Waals surface area contributed by atoms with E-state index >= 15 is 0 Å². The first kappa shape index (κ1) is 21.6. The Balaban J connectivity index is 1.08. The quantitative estimate of drug-likeness (QED) is 0.391. The van der Waals surface area contributed by atoms with Crippen LogP contribution in [0, 0.1) is 0 Å². The van der Waals surface area contributed by atoms with Crippen molar-refractivity contribution in [3.05, 3.63) is 72.8 Å². The average Bonchev–Trinajstić information content (AvgIpc) is 3.36.